The van der Waals surface area contributed by atoms with Gasteiger partial charge in [-0.05, 0) is 39.5 Å². The highest BCUT2D eigenvalue weighted by atomic mass is 79.9. The van der Waals surface area contributed by atoms with E-state index in [4.69, 9.17) is 4.74 Å². The number of esters is 1. The number of hydrogen-bond acceptors (Lipinski definition) is 4. The van der Waals surface area contributed by atoms with Crippen LogP contribution in [0.2, 0.25) is 0 Å². The van der Waals surface area contributed by atoms with Crippen LogP contribution in [0.25, 0.3) is 0 Å². The smallest absolute Gasteiger partial charge is 0.341 e. The highest BCUT2D eigenvalue weighted by Gasteiger charge is 2.11. The average molecular weight is 298 g/mol. The van der Waals surface area contributed by atoms with Gasteiger partial charge >= 0.3 is 5.97 Å². The number of nitrogens with zero attached hydrogens (tertiary/aromatic N) is 1. The Kier molecular flexibility index (Phi) is 3.69. The summed E-state index contributed by atoms with van der Waals surface area (Å²) in [6.45, 7) is 0.303. The molecule has 0 aliphatic heterocycles. The molecule has 0 amide bonds. The van der Waals surface area contributed by atoms with Gasteiger partial charge in [-0.1, -0.05) is 6.07 Å². The number of thiophene rings is 1. The normalized spacial score (nSPS) is 10.1. The summed E-state index contributed by atoms with van der Waals surface area (Å²) in [5, 5.41) is 1.95. The lowest BCUT2D eigenvalue weighted by Gasteiger charge is -2.03. The van der Waals surface area contributed by atoms with E-state index < -0.39 is 0 Å². The van der Waals surface area contributed by atoms with E-state index in [1.165, 1.54) is 0 Å². The number of rotatable bonds is 3. The van der Waals surface area contributed by atoms with Gasteiger partial charge < -0.3 is 4.74 Å². The van der Waals surface area contributed by atoms with Crippen molar-refractivity contribution in [3.63, 3.8) is 0 Å². The second-order valence-corrected chi connectivity index (χ2v) is 4.78. The minimum absolute atomic E-state index is 0.303. The molecular formula is C11H8BrNO2S. The largest absolute Gasteiger partial charge is 0.456 e. The molecule has 0 saturated carbocycles. The molecule has 0 unspecified atom stereocenters. The number of ether oxygens (including phenoxy) is 1. The molecule has 0 N–H and O–H groups in total. The molecule has 2 aromatic rings. The van der Waals surface area contributed by atoms with Gasteiger partial charge in [-0.25, -0.2) is 9.78 Å². The Balaban J connectivity index is 2.01. The molecule has 0 atom stereocenters. The maximum absolute atomic E-state index is 11.7. The summed E-state index contributed by atoms with van der Waals surface area (Å²) in [6.07, 6.45) is 1.61. The van der Waals surface area contributed by atoms with Crippen LogP contribution in [0.5, 0.6) is 0 Å². The zero-order valence-corrected chi connectivity index (χ0v) is 10.6. The fourth-order valence-electron chi connectivity index (χ4n) is 1.15. The van der Waals surface area contributed by atoms with Gasteiger partial charge in [0.05, 0.1) is 5.56 Å². The second kappa shape index (κ2) is 5.23. The van der Waals surface area contributed by atoms with E-state index in [0.717, 1.165) is 4.88 Å². The lowest BCUT2D eigenvalue weighted by molar-refractivity contribution is 0.0475. The van der Waals surface area contributed by atoms with E-state index in [2.05, 4.69) is 20.9 Å². The molecule has 0 aliphatic carbocycles. The summed E-state index contributed by atoms with van der Waals surface area (Å²) >= 11 is 4.77. The second-order valence-electron chi connectivity index (χ2n) is 3.00. The Bertz CT molecular complexity index is 484. The number of carbonyl (C=O) groups is 1. The van der Waals surface area contributed by atoms with Crippen LogP contribution in [0, 0.1) is 0 Å². The molecule has 5 heteroatoms. The molecule has 0 radical (unpaired) electrons. The topological polar surface area (TPSA) is 39.2 Å². The van der Waals surface area contributed by atoms with E-state index in [1.807, 2.05) is 17.5 Å². The molecule has 2 aromatic heterocycles. The van der Waals surface area contributed by atoms with Crippen molar-refractivity contribution in [3.8, 4) is 0 Å². The van der Waals surface area contributed by atoms with Gasteiger partial charge in [0.1, 0.15) is 11.2 Å². The first-order valence-electron chi connectivity index (χ1n) is 4.57. The number of carbonyl (C=O) groups excluding carboxylic acids is 1. The van der Waals surface area contributed by atoms with Crippen LogP contribution in [-0.4, -0.2) is 11.0 Å². The van der Waals surface area contributed by atoms with Crippen LogP contribution in [0.3, 0.4) is 0 Å². The first-order valence-corrected chi connectivity index (χ1v) is 6.24. The molecule has 2 rings (SSSR count). The number of halogens is 1. The van der Waals surface area contributed by atoms with Crippen molar-refractivity contribution < 1.29 is 9.53 Å². The molecule has 0 bridgehead atoms. The Hall–Kier alpha value is -1.20. The minimum Gasteiger partial charge on any atom is -0.456 e. The van der Waals surface area contributed by atoms with E-state index >= 15 is 0 Å². The molecule has 0 saturated heterocycles. The van der Waals surface area contributed by atoms with Crippen molar-refractivity contribution in [2.45, 2.75) is 6.61 Å². The van der Waals surface area contributed by atoms with Crippen molar-refractivity contribution in [2.75, 3.05) is 0 Å². The Morgan fingerprint density at radius 3 is 3.00 bits per heavy atom. The van der Waals surface area contributed by atoms with Gasteiger partial charge in [0, 0.05) is 11.1 Å². The fourth-order valence-corrected chi connectivity index (χ4v) is 2.18. The molecule has 0 aliphatic rings. The SMILES string of the molecule is O=C(OCc1cccs1)c1cccnc1Br. The van der Waals surface area contributed by atoms with Crippen LogP contribution in [0.15, 0.2) is 40.4 Å². The van der Waals surface area contributed by atoms with Crippen molar-refractivity contribution in [1.82, 2.24) is 4.98 Å². The standard InChI is InChI=1S/C11H8BrNO2S/c12-10-9(4-1-5-13-10)11(14)15-7-8-3-2-6-16-8/h1-6H,7H2. The molecule has 2 heterocycles. The van der Waals surface area contributed by atoms with Crippen molar-refractivity contribution in [3.05, 3.63) is 50.9 Å². The lowest BCUT2D eigenvalue weighted by Crippen LogP contribution is -2.06. The molecule has 0 fully saturated rings. The Morgan fingerprint density at radius 2 is 2.31 bits per heavy atom. The third-order valence-corrected chi connectivity index (χ3v) is 3.39. The van der Waals surface area contributed by atoms with Crippen molar-refractivity contribution in [2.24, 2.45) is 0 Å². The Labute approximate surface area is 105 Å². The predicted molar refractivity (Wildman–Crippen MR) is 65.4 cm³/mol. The molecule has 82 valence electrons. The van der Waals surface area contributed by atoms with Gasteiger partial charge in [0.2, 0.25) is 0 Å². The zero-order chi connectivity index (χ0) is 11.4. The van der Waals surface area contributed by atoms with Crippen LogP contribution in [-0.2, 0) is 11.3 Å². The predicted octanol–water partition coefficient (Wildman–Crippen LogP) is 3.26. The summed E-state index contributed by atoms with van der Waals surface area (Å²) in [7, 11) is 0. The molecule has 0 spiro atoms. The fraction of sp³-hybridized carbons (Fsp3) is 0.0909. The third-order valence-electron chi connectivity index (χ3n) is 1.90. The van der Waals surface area contributed by atoms with Gasteiger partial charge in [-0.2, -0.15) is 0 Å². The van der Waals surface area contributed by atoms with Gasteiger partial charge in [-0.3, -0.25) is 0 Å². The average Bonchev–Trinajstić information content (AvgIpc) is 2.79. The first kappa shape index (κ1) is 11.3. The summed E-state index contributed by atoms with van der Waals surface area (Å²) in [5.41, 5.74) is 0.444. The maximum atomic E-state index is 11.7. The monoisotopic (exact) mass is 297 g/mol. The Morgan fingerprint density at radius 1 is 1.44 bits per heavy atom. The highest BCUT2D eigenvalue weighted by Crippen LogP contribution is 2.16. The number of hydrogen-bond donors (Lipinski definition) is 0. The molecule has 3 nitrogen and oxygen atoms in total. The zero-order valence-electron chi connectivity index (χ0n) is 8.22. The van der Waals surface area contributed by atoms with Crippen LogP contribution >= 0.6 is 27.3 Å². The summed E-state index contributed by atoms with van der Waals surface area (Å²) in [5.74, 6) is -0.367. The lowest BCUT2D eigenvalue weighted by atomic mass is 10.3. The molecule has 0 aromatic carbocycles. The first-order chi connectivity index (χ1) is 7.77. The van der Waals surface area contributed by atoms with Gasteiger partial charge in [-0.15, -0.1) is 11.3 Å². The number of pyridine rings is 1. The van der Waals surface area contributed by atoms with Crippen LogP contribution in [0.1, 0.15) is 15.2 Å². The summed E-state index contributed by atoms with van der Waals surface area (Å²) in [4.78, 5) is 16.7. The molecule has 16 heavy (non-hydrogen) atoms. The third kappa shape index (κ3) is 2.68. The minimum atomic E-state index is -0.367. The van der Waals surface area contributed by atoms with Crippen LogP contribution < -0.4 is 0 Å². The van der Waals surface area contributed by atoms with Gasteiger partial charge in [0.15, 0.2) is 0 Å². The number of aromatic nitrogens is 1. The van der Waals surface area contributed by atoms with E-state index in [9.17, 15) is 4.79 Å². The summed E-state index contributed by atoms with van der Waals surface area (Å²) in [6, 6.07) is 7.23. The molecular weight excluding hydrogens is 290 g/mol. The van der Waals surface area contributed by atoms with Crippen LogP contribution in [0.4, 0.5) is 0 Å². The maximum Gasteiger partial charge on any atom is 0.341 e. The quantitative estimate of drug-likeness (QED) is 0.645. The van der Waals surface area contributed by atoms with E-state index in [0.29, 0.717) is 16.8 Å². The highest BCUT2D eigenvalue weighted by molar-refractivity contribution is 9.10. The van der Waals surface area contributed by atoms with Crippen molar-refractivity contribution >= 4 is 33.2 Å². The van der Waals surface area contributed by atoms with Crippen molar-refractivity contribution in [1.29, 1.82) is 0 Å². The summed E-state index contributed by atoms with van der Waals surface area (Å²) < 4.78 is 5.66. The van der Waals surface area contributed by atoms with Gasteiger partial charge in [0.25, 0.3) is 0 Å². The van der Waals surface area contributed by atoms with E-state index in [-0.39, 0.29) is 5.97 Å². The van der Waals surface area contributed by atoms with E-state index in [1.54, 1.807) is 29.7 Å².